The van der Waals surface area contributed by atoms with Gasteiger partial charge < -0.3 is 5.11 Å². The molecule has 0 bridgehead atoms. The molecule has 0 spiro atoms. The van der Waals surface area contributed by atoms with Crippen LogP contribution in [0.1, 0.15) is 13.8 Å². The van der Waals surface area contributed by atoms with Crippen molar-refractivity contribution < 1.29 is 18.3 Å². The number of nitrogens with one attached hydrogen (secondary N) is 1. The van der Waals surface area contributed by atoms with Gasteiger partial charge >= 0.3 is 0 Å². The number of rotatable bonds is 3. The number of benzene rings is 1. The van der Waals surface area contributed by atoms with Crippen LogP contribution in [0, 0.1) is 0 Å². The predicted molar refractivity (Wildman–Crippen MR) is 62.8 cm³/mol. The van der Waals surface area contributed by atoms with E-state index in [1.165, 1.54) is 0 Å². The number of hydrogen-bond acceptors (Lipinski definition) is 3. The lowest BCUT2D eigenvalue weighted by molar-refractivity contribution is -0.134. The Hall–Kier alpha value is -1.56. The average Bonchev–Trinajstić information content (AvgIpc) is 2.18. The molecule has 90 valence electrons. The number of carbonyl (C=O) groups is 1. The lowest BCUT2D eigenvalue weighted by Crippen LogP contribution is -2.14. The fraction of sp³-hybridized carbons (Fsp3) is 0.300. The maximum Gasteiger partial charge on any atom is 0.300 e. The Morgan fingerprint density at radius 1 is 1.31 bits per heavy atom. The third kappa shape index (κ3) is 7.81. The summed E-state index contributed by atoms with van der Waals surface area (Å²) in [4.78, 5) is 9.00. The molecule has 0 aliphatic rings. The lowest BCUT2D eigenvalue weighted by Gasteiger charge is -2.04. The van der Waals surface area contributed by atoms with Gasteiger partial charge in [0.15, 0.2) is 0 Å². The Morgan fingerprint density at radius 2 is 1.75 bits per heavy atom. The Labute approximate surface area is 95.2 Å². The minimum absolute atomic E-state index is 0.0991. The smallest absolute Gasteiger partial charge is 0.300 e. The molecule has 0 radical (unpaired) electrons. The third-order valence-electron chi connectivity index (χ3n) is 1.43. The monoisotopic (exact) mass is 245 g/mol. The first-order valence-corrected chi connectivity index (χ1v) is 6.27. The van der Waals surface area contributed by atoms with Gasteiger partial charge in [-0.05, 0) is 19.1 Å². The first-order chi connectivity index (χ1) is 7.37. The van der Waals surface area contributed by atoms with Crippen LogP contribution in [0.4, 0.5) is 5.69 Å². The summed E-state index contributed by atoms with van der Waals surface area (Å²) in [6.45, 7) is 2.69. The molecule has 0 saturated carbocycles. The molecule has 0 aliphatic carbocycles. The fourth-order valence-corrected chi connectivity index (χ4v) is 1.40. The number of aliphatic carboxylic acids is 1. The molecule has 0 saturated heterocycles. The van der Waals surface area contributed by atoms with E-state index in [1.54, 1.807) is 31.2 Å². The summed E-state index contributed by atoms with van der Waals surface area (Å²) in [6.07, 6.45) is 0. The molecule has 0 amide bonds. The van der Waals surface area contributed by atoms with Crippen molar-refractivity contribution in [2.75, 3.05) is 10.5 Å². The van der Waals surface area contributed by atoms with Gasteiger partial charge in [0.05, 0.1) is 5.75 Å². The molecule has 16 heavy (non-hydrogen) atoms. The van der Waals surface area contributed by atoms with Crippen LogP contribution in [-0.4, -0.2) is 25.2 Å². The van der Waals surface area contributed by atoms with Crippen molar-refractivity contribution in [3.8, 4) is 0 Å². The van der Waals surface area contributed by atoms with Crippen molar-refractivity contribution in [1.82, 2.24) is 0 Å². The van der Waals surface area contributed by atoms with E-state index in [2.05, 4.69) is 4.72 Å². The van der Waals surface area contributed by atoms with Gasteiger partial charge in [-0.25, -0.2) is 8.42 Å². The highest BCUT2D eigenvalue weighted by Gasteiger charge is 2.04. The second-order valence-corrected chi connectivity index (χ2v) is 4.90. The molecule has 0 aliphatic heterocycles. The highest BCUT2D eigenvalue weighted by Crippen LogP contribution is 2.07. The molecule has 0 atom stereocenters. The van der Waals surface area contributed by atoms with Gasteiger partial charge in [0.2, 0.25) is 10.0 Å². The highest BCUT2D eigenvalue weighted by molar-refractivity contribution is 7.92. The maximum atomic E-state index is 11.1. The Bertz CT molecular complexity index is 410. The van der Waals surface area contributed by atoms with E-state index in [0.29, 0.717) is 5.69 Å². The number of anilines is 1. The maximum absolute atomic E-state index is 11.1. The van der Waals surface area contributed by atoms with Crippen LogP contribution in [-0.2, 0) is 14.8 Å². The first kappa shape index (κ1) is 14.4. The summed E-state index contributed by atoms with van der Waals surface area (Å²) < 4.78 is 24.6. The zero-order valence-electron chi connectivity index (χ0n) is 9.17. The highest BCUT2D eigenvalue weighted by atomic mass is 32.2. The molecule has 1 rings (SSSR count). The van der Waals surface area contributed by atoms with Crippen LogP contribution in [0.25, 0.3) is 0 Å². The second kappa shape index (κ2) is 6.84. The molecular weight excluding hydrogens is 230 g/mol. The molecule has 0 aromatic heterocycles. The Kier molecular flexibility index (Phi) is 6.17. The largest absolute Gasteiger partial charge is 0.481 e. The number of para-hydroxylation sites is 1. The molecular formula is C10H15NO4S. The van der Waals surface area contributed by atoms with E-state index >= 15 is 0 Å². The van der Waals surface area contributed by atoms with Crippen molar-refractivity contribution >= 4 is 21.7 Å². The Balaban J connectivity index is 0.000000487. The Morgan fingerprint density at radius 3 is 2.12 bits per heavy atom. The predicted octanol–water partition coefficient (Wildman–Crippen LogP) is 1.54. The van der Waals surface area contributed by atoms with Gasteiger partial charge in [-0.1, -0.05) is 18.2 Å². The van der Waals surface area contributed by atoms with E-state index < -0.39 is 16.0 Å². The van der Waals surface area contributed by atoms with Crippen LogP contribution < -0.4 is 4.72 Å². The van der Waals surface area contributed by atoms with Gasteiger partial charge in [-0.2, -0.15) is 0 Å². The van der Waals surface area contributed by atoms with Crippen molar-refractivity contribution in [1.29, 1.82) is 0 Å². The molecule has 0 unspecified atom stereocenters. The quantitative estimate of drug-likeness (QED) is 0.846. The molecule has 1 aromatic rings. The summed E-state index contributed by atoms with van der Waals surface area (Å²) in [5, 5.41) is 7.42. The van der Waals surface area contributed by atoms with Crippen LogP contribution in [0.2, 0.25) is 0 Å². The number of carboxylic acids is 1. The summed E-state index contributed by atoms with van der Waals surface area (Å²) in [5.74, 6) is -0.734. The summed E-state index contributed by atoms with van der Waals surface area (Å²) in [5.41, 5.74) is 0.611. The van der Waals surface area contributed by atoms with Crippen molar-refractivity contribution in [2.45, 2.75) is 13.8 Å². The number of sulfonamides is 1. The topological polar surface area (TPSA) is 83.5 Å². The normalized spacial score (nSPS) is 9.88. The summed E-state index contributed by atoms with van der Waals surface area (Å²) in [7, 11) is -3.12. The zero-order chi connectivity index (χ0) is 12.6. The second-order valence-electron chi connectivity index (χ2n) is 2.89. The van der Waals surface area contributed by atoms with Crippen molar-refractivity contribution in [3.63, 3.8) is 0 Å². The standard InChI is InChI=1S/C8H11NO2S.C2H4O2/c1-2-12(10,11)9-8-6-4-3-5-7-8;1-2(3)4/h3-7,9H,2H2,1H3;1H3,(H,3,4). The van der Waals surface area contributed by atoms with E-state index in [1.807, 2.05) is 6.07 Å². The molecule has 0 heterocycles. The van der Waals surface area contributed by atoms with Gasteiger partial charge in [0.25, 0.3) is 5.97 Å². The number of carboxylic acid groups (broad SMARTS) is 1. The lowest BCUT2D eigenvalue weighted by atomic mass is 10.3. The van der Waals surface area contributed by atoms with Crippen LogP contribution in [0.5, 0.6) is 0 Å². The molecule has 2 N–H and O–H groups in total. The molecule has 5 nitrogen and oxygen atoms in total. The summed E-state index contributed by atoms with van der Waals surface area (Å²) >= 11 is 0. The van der Waals surface area contributed by atoms with Crippen molar-refractivity contribution in [3.05, 3.63) is 30.3 Å². The third-order valence-corrected chi connectivity index (χ3v) is 2.73. The molecule has 0 fully saturated rings. The van der Waals surface area contributed by atoms with Gasteiger partial charge in [-0.15, -0.1) is 0 Å². The molecule has 1 aromatic carbocycles. The van der Waals surface area contributed by atoms with Crippen LogP contribution in [0.15, 0.2) is 30.3 Å². The van der Waals surface area contributed by atoms with Gasteiger partial charge in [0, 0.05) is 12.6 Å². The minimum atomic E-state index is -3.12. The van der Waals surface area contributed by atoms with Gasteiger partial charge in [-0.3, -0.25) is 9.52 Å². The average molecular weight is 245 g/mol. The van der Waals surface area contributed by atoms with E-state index in [-0.39, 0.29) is 5.75 Å². The zero-order valence-corrected chi connectivity index (χ0v) is 9.99. The van der Waals surface area contributed by atoms with Crippen LogP contribution >= 0.6 is 0 Å². The fourth-order valence-electron chi connectivity index (χ4n) is 0.758. The van der Waals surface area contributed by atoms with Crippen molar-refractivity contribution in [2.24, 2.45) is 0 Å². The SMILES string of the molecule is CC(=O)O.CCS(=O)(=O)Nc1ccccc1. The summed E-state index contributed by atoms with van der Waals surface area (Å²) in [6, 6.07) is 8.84. The minimum Gasteiger partial charge on any atom is -0.481 e. The number of hydrogen-bond donors (Lipinski definition) is 2. The van der Waals surface area contributed by atoms with E-state index in [4.69, 9.17) is 9.90 Å². The van der Waals surface area contributed by atoms with Gasteiger partial charge in [0.1, 0.15) is 0 Å². The van der Waals surface area contributed by atoms with E-state index in [9.17, 15) is 8.42 Å². The van der Waals surface area contributed by atoms with Crippen LogP contribution in [0.3, 0.4) is 0 Å². The first-order valence-electron chi connectivity index (χ1n) is 4.62. The molecule has 6 heteroatoms. The van der Waals surface area contributed by atoms with E-state index in [0.717, 1.165) is 6.92 Å².